The molecule has 1 aromatic rings. The molecular weight excluding hydrogens is 260 g/mol. The predicted molar refractivity (Wildman–Crippen MR) is 78.1 cm³/mol. The van der Waals surface area contributed by atoms with Gasteiger partial charge >= 0.3 is 0 Å². The fourth-order valence-corrected chi connectivity index (χ4v) is 3.84. The van der Waals surface area contributed by atoms with Crippen LogP contribution in [0.3, 0.4) is 0 Å². The number of benzene rings is 1. The quantitative estimate of drug-likeness (QED) is 0.727. The maximum absolute atomic E-state index is 5.79. The summed E-state index contributed by atoms with van der Waals surface area (Å²) in [5.74, 6) is 1.59. The van der Waals surface area contributed by atoms with Gasteiger partial charge in [0.05, 0.1) is 0 Å². The van der Waals surface area contributed by atoms with Gasteiger partial charge in [0.1, 0.15) is 0 Å². The summed E-state index contributed by atoms with van der Waals surface area (Å²) >= 11 is 0. The van der Waals surface area contributed by atoms with Gasteiger partial charge in [-0.3, -0.25) is 9.98 Å². The van der Waals surface area contributed by atoms with Crippen LogP contribution < -0.4 is 0 Å². The van der Waals surface area contributed by atoms with Crippen molar-refractivity contribution in [1.82, 2.24) is 0 Å². The number of hydrogen-bond donors (Lipinski definition) is 0. The Morgan fingerprint density at radius 3 is 1.72 bits per heavy atom. The van der Waals surface area contributed by atoms with E-state index < -0.39 is 19.5 Å². The number of rotatable bonds is 2. The SMILES string of the molecule is c1ccc(C2=NCC[SiH2]O2)c(C2=NCC[SiH2]O2)c1. The van der Waals surface area contributed by atoms with Gasteiger partial charge in [-0.2, -0.15) is 0 Å². The molecule has 2 heterocycles. The predicted octanol–water partition coefficient (Wildman–Crippen LogP) is 0.244. The lowest BCUT2D eigenvalue weighted by Crippen LogP contribution is -2.23. The van der Waals surface area contributed by atoms with E-state index in [2.05, 4.69) is 22.1 Å². The molecule has 2 aliphatic rings. The van der Waals surface area contributed by atoms with E-state index in [0.29, 0.717) is 0 Å². The van der Waals surface area contributed by atoms with E-state index in [1.807, 2.05) is 12.1 Å². The smallest absolute Gasteiger partial charge is 0.223 e. The minimum atomic E-state index is -0.430. The first-order valence-electron chi connectivity index (χ1n) is 6.39. The third-order valence-electron chi connectivity index (χ3n) is 2.98. The molecule has 0 unspecified atom stereocenters. The molecule has 0 bridgehead atoms. The molecule has 0 amide bonds. The zero-order valence-electron chi connectivity index (χ0n) is 10.3. The van der Waals surface area contributed by atoms with Gasteiger partial charge in [0.2, 0.25) is 31.3 Å². The minimum absolute atomic E-state index is 0.430. The van der Waals surface area contributed by atoms with E-state index in [1.165, 1.54) is 0 Å². The van der Waals surface area contributed by atoms with Gasteiger partial charge in [0, 0.05) is 24.2 Å². The summed E-state index contributed by atoms with van der Waals surface area (Å²) in [6.07, 6.45) is 0. The maximum Gasteiger partial charge on any atom is 0.223 e. The zero-order valence-corrected chi connectivity index (χ0v) is 13.1. The van der Waals surface area contributed by atoms with Gasteiger partial charge in [0.15, 0.2) is 0 Å². The lowest BCUT2D eigenvalue weighted by molar-refractivity contribution is 0.561. The Kier molecular flexibility index (Phi) is 3.56. The van der Waals surface area contributed by atoms with E-state index in [0.717, 1.165) is 48.1 Å². The number of hydrogen-bond acceptors (Lipinski definition) is 4. The van der Waals surface area contributed by atoms with Crippen LogP contribution in [-0.4, -0.2) is 44.4 Å². The highest BCUT2D eigenvalue weighted by molar-refractivity contribution is 6.35. The molecular formula is C12H16N2O2Si2. The van der Waals surface area contributed by atoms with E-state index in [4.69, 9.17) is 8.85 Å². The van der Waals surface area contributed by atoms with Gasteiger partial charge in [-0.1, -0.05) is 12.1 Å². The Morgan fingerprint density at radius 2 is 1.33 bits per heavy atom. The monoisotopic (exact) mass is 276 g/mol. The van der Waals surface area contributed by atoms with Crippen LogP contribution in [0.15, 0.2) is 34.3 Å². The van der Waals surface area contributed by atoms with Crippen molar-refractivity contribution in [1.29, 1.82) is 0 Å². The first-order valence-corrected chi connectivity index (χ1v) is 9.55. The maximum atomic E-state index is 5.79. The van der Waals surface area contributed by atoms with Crippen LogP contribution in [0.4, 0.5) is 0 Å². The molecule has 94 valence electrons. The number of nitrogens with zero attached hydrogens (tertiary/aromatic N) is 2. The Balaban J connectivity index is 1.99. The lowest BCUT2D eigenvalue weighted by atomic mass is 10.1. The van der Waals surface area contributed by atoms with E-state index >= 15 is 0 Å². The average molecular weight is 276 g/mol. The summed E-state index contributed by atoms with van der Waals surface area (Å²) in [6.45, 7) is 1.80. The van der Waals surface area contributed by atoms with Crippen LogP contribution in [0.1, 0.15) is 11.1 Å². The van der Waals surface area contributed by atoms with Gasteiger partial charge in [-0.25, -0.2) is 0 Å². The fraction of sp³-hybridized carbons (Fsp3) is 0.333. The largest absolute Gasteiger partial charge is 0.536 e. The van der Waals surface area contributed by atoms with Crippen LogP contribution in [0.25, 0.3) is 0 Å². The van der Waals surface area contributed by atoms with Crippen molar-refractivity contribution in [2.45, 2.75) is 12.1 Å². The summed E-state index contributed by atoms with van der Waals surface area (Å²) in [5, 5.41) is 0. The molecule has 2 aliphatic heterocycles. The van der Waals surface area contributed by atoms with Crippen molar-refractivity contribution in [3.63, 3.8) is 0 Å². The Morgan fingerprint density at radius 1 is 0.833 bits per heavy atom. The van der Waals surface area contributed by atoms with Crippen LogP contribution in [0.2, 0.25) is 12.1 Å². The highest BCUT2D eigenvalue weighted by Gasteiger charge is 2.18. The standard InChI is InChI=1S/C12H16N2O2Si2/c1-2-4-10(12-14-6-8-18-16-12)9(3-1)11-13-5-7-17-15-11/h1-4H,5-8,17-18H2. The molecule has 4 nitrogen and oxygen atoms in total. The second-order valence-corrected chi connectivity index (χ2v) is 7.13. The van der Waals surface area contributed by atoms with Crippen molar-refractivity contribution in [3.8, 4) is 0 Å². The molecule has 0 aromatic heterocycles. The zero-order chi connectivity index (χ0) is 12.2. The summed E-state index contributed by atoms with van der Waals surface area (Å²) in [7, 11) is -0.860. The highest BCUT2D eigenvalue weighted by atomic mass is 28.2. The van der Waals surface area contributed by atoms with Gasteiger partial charge < -0.3 is 8.85 Å². The Labute approximate surface area is 111 Å². The van der Waals surface area contributed by atoms with Crippen LogP contribution in [0.5, 0.6) is 0 Å². The lowest BCUT2D eigenvalue weighted by Gasteiger charge is -2.19. The molecule has 0 fully saturated rings. The second-order valence-electron chi connectivity index (χ2n) is 4.32. The summed E-state index contributed by atoms with van der Waals surface area (Å²) in [5.41, 5.74) is 2.08. The first kappa shape index (κ1) is 11.7. The van der Waals surface area contributed by atoms with E-state index in [-0.39, 0.29) is 0 Å². The first-order chi connectivity index (χ1) is 8.95. The topological polar surface area (TPSA) is 43.2 Å². The summed E-state index contributed by atoms with van der Waals surface area (Å²) in [4.78, 5) is 8.97. The van der Waals surface area contributed by atoms with Gasteiger partial charge in [-0.15, -0.1) is 0 Å². The highest BCUT2D eigenvalue weighted by Crippen LogP contribution is 2.16. The Bertz CT molecular complexity index is 458. The molecule has 1 aromatic carbocycles. The fourth-order valence-electron chi connectivity index (χ4n) is 2.10. The summed E-state index contributed by atoms with van der Waals surface area (Å²) in [6, 6.07) is 10.4. The van der Waals surface area contributed by atoms with Crippen molar-refractivity contribution in [3.05, 3.63) is 35.4 Å². The molecule has 0 atom stereocenters. The van der Waals surface area contributed by atoms with E-state index in [9.17, 15) is 0 Å². The summed E-state index contributed by atoms with van der Waals surface area (Å²) < 4.78 is 11.6. The third kappa shape index (κ3) is 2.39. The molecule has 0 saturated heterocycles. The van der Waals surface area contributed by atoms with Crippen molar-refractivity contribution in [2.24, 2.45) is 9.98 Å². The van der Waals surface area contributed by atoms with Crippen molar-refractivity contribution < 1.29 is 8.85 Å². The average Bonchev–Trinajstić information content (AvgIpc) is 2.49. The Hall–Kier alpha value is -1.41. The van der Waals surface area contributed by atoms with Gasteiger partial charge in [0.25, 0.3) is 0 Å². The van der Waals surface area contributed by atoms with Crippen LogP contribution in [0, 0.1) is 0 Å². The van der Waals surface area contributed by atoms with E-state index in [1.54, 1.807) is 0 Å². The van der Waals surface area contributed by atoms with Crippen molar-refractivity contribution in [2.75, 3.05) is 13.1 Å². The minimum Gasteiger partial charge on any atom is -0.536 e. The molecule has 3 rings (SSSR count). The molecule has 0 spiro atoms. The molecule has 0 N–H and O–H groups in total. The molecule has 18 heavy (non-hydrogen) atoms. The molecule has 0 aliphatic carbocycles. The number of aliphatic imine (C=N–C) groups is 2. The second kappa shape index (κ2) is 5.49. The van der Waals surface area contributed by atoms with Crippen LogP contribution >= 0.6 is 0 Å². The normalized spacial score (nSPS) is 22.0. The third-order valence-corrected chi connectivity index (χ3v) is 5.15. The molecule has 0 saturated carbocycles. The van der Waals surface area contributed by atoms with Crippen LogP contribution in [-0.2, 0) is 8.85 Å². The molecule has 6 heteroatoms. The van der Waals surface area contributed by atoms with Gasteiger partial charge in [-0.05, 0) is 24.2 Å². The molecule has 0 radical (unpaired) electrons. The van der Waals surface area contributed by atoms with Crippen molar-refractivity contribution >= 4 is 31.3 Å².